The van der Waals surface area contributed by atoms with Crippen molar-refractivity contribution >= 4 is 11.6 Å². The molecule has 8 unspecified atom stereocenters. The summed E-state index contributed by atoms with van der Waals surface area (Å²) in [5.41, 5.74) is -0.943. The second-order valence-electron chi connectivity index (χ2n) is 11.3. The lowest BCUT2D eigenvalue weighted by Crippen LogP contribution is -2.78. The van der Waals surface area contributed by atoms with Crippen molar-refractivity contribution in [1.82, 2.24) is 0 Å². The minimum Gasteiger partial charge on any atom is -0.462 e. The highest BCUT2D eigenvalue weighted by molar-refractivity contribution is 6.24. The van der Waals surface area contributed by atoms with E-state index in [1.54, 1.807) is 6.07 Å². The summed E-state index contributed by atoms with van der Waals surface area (Å²) < 4.78 is 57.0. The summed E-state index contributed by atoms with van der Waals surface area (Å²) in [6.07, 6.45) is -8.67. The van der Waals surface area contributed by atoms with Crippen molar-refractivity contribution in [3.05, 3.63) is 29.8 Å². The van der Waals surface area contributed by atoms with Gasteiger partial charge >= 0.3 is 6.18 Å². The van der Waals surface area contributed by atoms with Crippen molar-refractivity contribution in [1.29, 1.82) is 0 Å². The SMILES string of the molecule is OCC1OC(Oc2cccc(C3(OCC(F)(F)F)OOC34C3CC5CC4CC(Cl)(C5)C3)c2)C(O)C(O)C1O. The van der Waals surface area contributed by atoms with E-state index in [4.69, 9.17) is 35.6 Å². The molecule has 0 aromatic heterocycles. The molecule has 1 aromatic rings. The second kappa shape index (κ2) is 9.15. The van der Waals surface area contributed by atoms with E-state index in [2.05, 4.69) is 0 Å². The summed E-state index contributed by atoms with van der Waals surface area (Å²) in [4.78, 5) is 10.9. The molecule has 1 aromatic carbocycles. The normalized spacial score (nSPS) is 47.8. The van der Waals surface area contributed by atoms with Gasteiger partial charge in [0, 0.05) is 10.4 Å². The first kappa shape index (κ1) is 27.0. The van der Waals surface area contributed by atoms with E-state index in [9.17, 15) is 33.6 Å². The van der Waals surface area contributed by atoms with Crippen LogP contribution < -0.4 is 4.74 Å². The third-order valence-corrected chi connectivity index (χ3v) is 9.36. The van der Waals surface area contributed by atoms with Crippen molar-refractivity contribution in [2.24, 2.45) is 17.8 Å². The van der Waals surface area contributed by atoms with Crippen LogP contribution in [0.3, 0.4) is 0 Å². The van der Waals surface area contributed by atoms with Crippen LogP contribution in [0.25, 0.3) is 0 Å². The topological polar surface area (TPSA) is 127 Å². The smallest absolute Gasteiger partial charge is 0.411 e. The fourth-order valence-electron chi connectivity index (χ4n) is 7.51. The molecule has 4 saturated carbocycles. The summed E-state index contributed by atoms with van der Waals surface area (Å²) >= 11 is 6.89. The minimum absolute atomic E-state index is 0.0742. The number of hydrogen-bond donors (Lipinski definition) is 4. The number of aliphatic hydroxyl groups excluding tert-OH is 4. The van der Waals surface area contributed by atoms with Crippen LogP contribution in [0.1, 0.15) is 37.7 Å². The predicted octanol–water partition coefficient (Wildman–Crippen LogP) is 2.12. The zero-order valence-corrected chi connectivity index (χ0v) is 21.0. The molecule has 2 saturated heterocycles. The lowest BCUT2D eigenvalue weighted by Gasteiger charge is -2.70. The van der Waals surface area contributed by atoms with Gasteiger partial charge in [-0.2, -0.15) is 18.1 Å². The monoisotopic (exact) mass is 566 g/mol. The highest BCUT2D eigenvalue weighted by Gasteiger charge is 2.78. The quantitative estimate of drug-likeness (QED) is 0.302. The van der Waals surface area contributed by atoms with Crippen LogP contribution in [0.2, 0.25) is 0 Å². The van der Waals surface area contributed by atoms with Gasteiger partial charge in [0.05, 0.1) is 6.61 Å². The molecule has 6 fully saturated rings. The van der Waals surface area contributed by atoms with Gasteiger partial charge in [0.2, 0.25) is 6.29 Å². The maximum absolute atomic E-state index is 13.4. The Morgan fingerprint density at radius 3 is 2.29 bits per heavy atom. The molecule has 6 aliphatic rings. The van der Waals surface area contributed by atoms with Gasteiger partial charge in [0.25, 0.3) is 5.79 Å². The standard InChI is InChI=1S/C25H30ClF3O9/c26-22-7-12-4-14(8-22)24(15(5-12)9-22)25(38-37-24,34-11-23(27,28)29)13-2-1-3-16(6-13)35-21-20(33)19(32)18(31)17(10-30)36-21/h1-3,6,12,14-15,17-21,30-33H,4-5,7-11H2. The molecule has 212 valence electrons. The van der Waals surface area contributed by atoms with Gasteiger partial charge in [-0.1, -0.05) is 12.1 Å². The van der Waals surface area contributed by atoms with Crippen LogP contribution in [0, 0.1) is 17.8 Å². The molecule has 13 heteroatoms. The van der Waals surface area contributed by atoms with Crippen molar-refractivity contribution in [3.8, 4) is 5.75 Å². The number of ether oxygens (including phenoxy) is 3. The van der Waals surface area contributed by atoms with Gasteiger partial charge in [0.1, 0.15) is 36.8 Å². The minimum atomic E-state index is -4.63. The van der Waals surface area contributed by atoms with E-state index < -0.39 is 66.4 Å². The maximum atomic E-state index is 13.4. The largest absolute Gasteiger partial charge is 0.462 e. The molecule has 9 nitrogen and oxygen atoms in total. The molecule has 1 spiro atoms. The van der Waals surface area contributed by atoms with Crippen LogP contribution in [0.15, 0.2) is 24.3 Å². The molecule has 2 aliphatic heterocycles. The Morgan fingerprint density at radius 2 is 1.71 bits per heavy atom. The summed E-state index contributed by atoms with van der Waals surface area (Å²) in [6, 6.07) is 5.99. The van der Waals surface area contributed by atoms with Crippen LogP contribution in [-0.4, -0.2) is 81.0 Å². The van der Waals surface area contributed by atoms with E-state index >= 15 is 0 Å². The summed E-state index contributed by atoms with van der Waals surface area (Å²) in [6.45, 7) is -2.20. The van der Waals surface area contributed by atoms with E-state index in [1.807, 2.05) is 0 Å². The summed E-state index contributed by atoms with van der Waals surface area (Å²) in [5.74, 6) is -1.80. The molecule has 0 radical (unpaired) electrons. The van der Waals surface area contributed by atoms with Crippen LogP contribution >= 0.6 is 11.6 Å². The van der Waals surface area contributed by atoms with Gasteiger partial charge in [-0.05, 0) is 62.0 Å². The van der Waals surface area contributed by atoms with E-state index in [0.29, 0.717) is 18.8 Å². The van der Waals surface area contributed by atoms with E-state index in [1.165, 1.54) is 18.2 Å². The van der Waals surface area contributed by atoms with Crippen LogP contribution in [0.4, 0.5) is 13.2 Å². The molecule has 0 amide bonds. The fraction of sp³-hybridized carbons (Fsp3) is 0.760. The molecule has 4 aliphatic carbocycles. The Labute approximate surface area is 221 Å². The van der Waals surface area contributed by atoms with Gasteiger partial charge in [0.15, 0.2) is 5.60 Å². The third-order valence-electron chi connectivity index (χ3n) is 8.89. The number of aliphatic hydroxyl groups is 4. The van der Waals surface area contributed by atoms with Gasteiger partial charge in [-0.25, -0.2) is 4.89 Å². The molecule has 4 N–H and O–H groups in total. The van der Waals surface area contributed by atoms with Gasteiger partial charge < -0.3 is 34.6 Å². The van der Waals surface area contributed by atoms with Crippen LogP contribution in [0.5, 0.6) is 5.75 Å². The molecule has 7 rings (SSSR count). The van der Waals surface area contributed by atoms with Crippen molar-refractivity contribution < 1.29 is 57.6 Å². The Hall–Kier alpha value is -1.22. The molecular weight excluding hydrogens is 537 g/mol. The number of benzene rings is 1. The third kappa shape index (κ3) is 4.07. The zero-order chi connectivity index (χ0) is 27.1. The lowest BCUT2D eigenvalue weighted by molar-refractivity contribution is -0.650. The number of hydrogen-bond acceptors (Lipinski definition) is 9. The van der Waals surface area contributed by atoms with Crippen molar-refractivity contribution in [2.45, 2.75) is 85.2 Å². The molecule has 38 heavy (non-hydrogen) atoms. The first-order valence-electron chi connectivity index (χ1n) is 12.7. The van der Waals surface area contributed by atoms with Gasteiger partial charge in [-0.3, -0.25) is 0 Å². The lowest BCUT2D eigenvalue weighted by atomic mass is 9.46. The first-order valence-corrected chi connectivity index (χ1v) is 13.1. The fourth-order valence-corrected chi connectivity index (χ4v) is 8.10. The highest BCUT2D eigenvalue weighted by Crippen LogP contribution is 2.71. The Bertz CT molecular complexity index is 1040. The van der Waals surface area contributed by atoms with E-state index in [-0.39, 0.29) is 23.1 Å². The number of alkyl halides is 4. The van der Waals surface area contributed by atoms with Gasteiger partial charge in [-0.15, -0.1) is 11.6 Å². The average molecular weight is 567 g/mol. The Balaban J connectivity index is 1.33. The predicted molar refractivity (Wildman–Crippen MR) is 122 cm³/mol. The van der Waals surface area contributed by atoms with E-state index in [0.717, 1.165) is 19.3 Å². The number of halogens is 4. The molecule has 8 atom stereocenters. The average Bonchev–Trinajstić information content (AvgIpc) is 2.82. The Kier molecular flexibility index (Phi) is 6.49. The van der Waals surface area contributed by atoms with Crippen LogP contribution in [-0.2, 0) is 25.0 Å². The molecule has 2 heterocycles. The first-order chi connectivity index (χ1) is 17.9. The molecular formula is C25H30ClF3O9. The molecule has 4 bridgehead atoms. The summed E-state index contributed by atoms with van der Waals surface area (Å²) in [7, 11) is 0. The zero-order valence-electron chi connectivity index (χ0n) is 20.2. The Morgan fingerprint density at radius 1 is 1.00 bits per heavy atom. The maximum Gasteiger partial charge on any atom is 0.411 e. The number of rotatable bonds is 6. The van der Waals surface area contributed by atoms with Crippen molar-refractivity contribution in [2.75, 3.05) is 13.2 Å². The highest BCUT2D eigenvalue weighted by atomic mass is 35.5. The second-order valence-corrected chi connectivity index (χ2v) is 12.1. The van der Waals surface area contributed by atoms with Crippen molar-refractivity contribution in [3.63, 3.8) is 0 Å². The summed E-state index contributed by atoms with van der Waals surface area (Å²) in [5, 5.41) is 39.9.